The van der Waals surface area contributed by atoms with Crippen molar-refractivity contribution in [3.8, 4) is 0 Å². The number of anilines is 1. The van der Waals surface area contributed by atoms with Gasteiger partial charge in [0.1, 0.15) is 12.6 Å². The third-order valence-electron chi connectivity index (χ3n) is 4.73. The summed E-state index contributed by atoms with van der Waals surface area (Å²) in [7, 11) is -3.87. The van der Waals surface area contributed by atoms with Crippen molar-refractivity contribution >= 4 is 73.9 Å². The minimum atomic E-state index is -3.87. The summed E-state index contributed by atoms with van der Waals surface area (Å²) < 4.78 is 25.9. The summed E-state index contributed by atoms with van der Waals surface area (Å²) >= 11 is 24.0. The molecule has 0 aliphatic carbocycles. The highest BCUT2D eigenvalue weighted by Gasteiger charge is 2.30. The van der Waals surface area contributed by atoms with E-state index in [1.54, 1.807) is 32.0 Å². The SMILES string of the molecule is CCNC(=O)[C@@H](C)N(Cc1ccc(Cl)c(Cl)c1)C(=O)CN(c1ccc(Cl)c(Cl)c1)S(C)(=O)=O. The van der Waals surface area contributed by atoms with Crippen molar-refractivity contribution in [1.82, 2.24) is 10.2 Å². The van der Waals surface area contributed by atoms with Crippen LogP contribution < -0.4 is 9.62 Å². The monoisotopic (exact) mass is 553 g/mol. The average Bonchev–Trinajstić information content (AvgIpc) is 2.73. The van der Waals surface area contributed by atoms with Crippen LogP contribution >= 0.6 is 46.4 Å². The molecule has 180 valence electrons. The number of rotatable bonds is 9. The van der Waals surface area contributed by atoms with Gasteiger partial charge < -0.3 is 10.2 Å². The molecule has 1 N–H and O–H groups in total. The molecule has 0 aromatic heterocycles. The van der Waals surface area contributed by atoms with Crippen LogP contribution in [0, 0.1) is 0 Å². The Balaban J connectivity index is 2.42. The molecule has 0 heterocycles. The lowest BCUT2D eigenvalue weighted by molar-refractivity contribution is -0.139. The second-order valence-electron chi connectivity index (χ2n) is 7.21. The highest BCUT2D eigenvalue weighted by atomic mass is 35.5. The quantitative estimate of drug-likeness (QED) is 0.490. The van der Waals surface area contributed by atoms with Crippen LogP contribution in [0.1, 0.15) is 19.4 Å². The van der Waals surface area contributed by atoms with Crippen LogP contribution in [-0.2, 0) is 26.2 Å². The van der Waals surface area contributed by atoms with Gasteiger partial charge in [0.15, 0.2) is 0 Å². The number of nitrogens with zero attached hydrogens (tertiary/aromatic N) is 2. The lowest BCUT2D eigenvalue weighted by Crippen LogP contribution is -2.51. The number of benzene rings is 2. The molecular weight excluding hydrogens is 532 g/mol. The number of likely N-dealkylation sites (N-methyl/N-ethyl adjacent to an activating group) is 1. The van der Waals surface area contributed by atoms with Gasteiger partial charge in [0.05, 0.1) is 32.0 Å². The van der Waals surface area contributed by atoms with Crippen LogP contribution in [0.4, 0.5) is 5.69 Å². The van der Waals surface area contributed by atoms with E-state index >= 15 is 0 Å². The molecule has 0 aliphatic rings. The van der Waals surface area contributed by atoms with E-state index in [0.29, 0.717) is 22.2 Å². The van der Waals surface area contributed by atoms with Crippen LogP contribution in [0.25, 0.3) is 0 Å². The Morgan fingerprint density at radius 2 is 1.55 bits per heavy atom. The molecule has 0 saturated heterocycles. The zero-order valence-corrected chi connectivity index (χ0v) is 22.0. The molecule has 0 aliphatic heterocycles. The Kier molecular flexibility index (Phi) is 9.70. The molecule has 12 heteroatoms. The molecular formula is C21H23Cl4N3O4S. The predicted molar refractivity (Wildman–Crippen MR) is 134 cm³/mol. The first-order valence-corrected chi connectivity index (χ1v) is 13.1. The highest BCUT2D eigenvalue weighted by Crippen LogP contribution is 2.29. The van der Waals surface area contributed by atoms with Crippen molar-refractivity contribution in [2.24, 2.45) is 0 Å². The normalized spacial score (nSPS) is 12.2. The minimum Gasteiger partial charge on any atom is -0.355 e. The number of nitrogens with one attached hydrogen (secondary N) is 1. The van der Waals surface area contributed by atoms with E-state index in [1.165, 1.54) is 23.1 Å². The third kappa shape index (κ3) is 7.39. The van der Waals surface area contributed by atoms with E-state index in [4.69, 9.17) is 46.4 Å². The van der Waals surface area contributed by atoms with E-state index < -0.39 is 28.5 Å². The van der Waals surface area contributed by atoms with E-state index in [2.05, 4.69) is 5.32 Å². The molecule has 2 amide bonds. The largest absolute Gasteiger partial charge is 0.355 e. The highest BCUT2D eigenvalue weighted by molar-refractivity contribution is 7.92. The third-order valence-corrected chi connectivity index (χ3v) is 7.34. The standard InChI is InChI=1S/C21H23Cl4N3O4S/c1-4-26-21(30)13(2)27(11-14-5-7-16(22)18(24)9-14)20(29)12-28(33(3,31)32)15-6-8-17(23)19(25)10-15/h5-10,13H,4,11-12H2,1-3H3,(H,26,30)/t13-/m1/s1. The van der Waals surface area contributed by atoms with Gasteiger partial charge in [-0.15, -0.1) is 0 Å². The summed E-state index contributed by atoms with van der Waals surface area (Å²) in [6.07, 6.45) is 0.972. The van der Waals surface area contributed by atoms with Crippen molar-refractivity contribution in [3.63, 3.8) is 0 Å². The maximum absolute atomic E-state index is 13.4. The Hall–Kier alpha value is -1.71. The molecule has 0 unspecified atom stereocenters. The average molecular weight is 555 g/mol. The molecule has 7 nitrogen and oxygen atoms in total. The Bertz CT molecular complexity index is 1140. The van der Waals surface area contributed by atoms with E-state index in [9.17, 15) is 18.0 Å². The number of carbonyl (C=O) groups excluding carboxylic acids is 2. The summed E-state index contributed by atoms with van der Waals surface area (Å²) in [5.41, 5.74) is 0.787. The van der Waals surface area contributed by atoms with Gasteiger partial charge in [-0.25, -0.2) is 8.42 Å². The summed E-state index contributed by atoms with van der Waals surface area (Å²) in [4.78, 5) is 27.2. The molecule has 0 bridgehead atoms. The van der Waals surface area contributed by atoms with Crippen molar-refractivity contribution in [2.45, 2.75) is 26.4 Å². The number of hydrogen-bond acceptors (Lipinski definition) is 4. The fourth-order valence-corrected chi connectivity index (χ4v) is 4.45. The van der Waals surface area contributed by atoms with Crippen molar-refractivity contribution in [2.75, 3.05) is 23.7 Å². The zero-order chi connectivity index (χ0) is 24.9. The van der Waals surface area contributed by atoms with Gasteiger partial charge in [0, 0.05) is 13.1 Å². The lowest BCUT2D eigenvalue weighted by Gasteiger charge is -2.31. The van der Waals surface area contributed by atoms with E-state index in [1.807, 2.05) is 0 Å². The Morgan fingerprint density at radius 3 is 2.06 bits per heavy atom. The first-order chi connectivity index (χ1) is 15.3. The summed E-state index contributed by atoms with van der Waals surface area (Å²) in [5.74, 6) is -0.984. The molecule has 1 atom stereocenters. The second kappa shape index (κ2) is 11.6. The molecule has 2 rings (SSSR count). The molecule has 0 saturated carbocycles. The fourth-order valence-electron chi connectivity index (χ4n) is 2.99. The van der Waals surface area contributed by atoms with Gasteiger partial charge in [-0.2, -0.15) is 0 Å². The maximum atomic E-state index is 13.4. The summed E-state index contributed by atoms with van der Waals surface area (Å²) in [6.45, 7) is 3.14. The van der Waals surface area contributed by atoms with Gasteiger partial charge in [-0.1, -0.05) is 52.5 Å². The second-order valence-corrected chi connectivity index (χ2v) is 10.7. The summed E-state index contributed by atoms with van der Waals surface area (Å²) in [6, 6.07) is 8.19. The minimum absolute atomic E-state index is 0.00694. The topological polar surface area (TPSA) is 86.8 Å². The predicted octanol–water partition coefficient (Wildman–Crippen LogP) is 4.62. The van der Waals surface area contributed by atoms with Gasteiger partial charge in [0.25, 0.3) is 0 Å². The molecule has 0 spiro atoms. The maximum Gasteiger partial charge on any atom is 0.244 e. The molecule has 2 aromatic carbocycles. The van der Waals surface area contributed by atoms with Crippen LogP contribution in [0.2, 0.25) is 20.1 Å². The van der Waals surface area contributed by atoms with Gasteiger partial charge in [-0.05, 0) is 49.7 Å². The Labute approximate surface area is 213 Å². The molecule has 0 fully saturated rings. The van der Waals surface area contributed by atoms with Crippen LogP contribution in [0.3, 0.4) is 0 Å². The number of hydrogen-bond donors (Lipinski definition) is 1. The van der Waals surface area contributed by atoms with E-state index in [0.717, 1.165) is 10.6 Å². The zero-order valence-electron chi connectivity index (χ0n) is 18.1. The van der Waals surface area contributed by atoms with Crippen LogP contribution in [-0.4, -0.2) is 50.5 Å². The first kappa shape index (κ1) is 27.5. The van der Waals surface area contributed by atoms with Crippen molar-refractivity contribution in [1.29, 1.82) is 0 Å². The van der Waals surface area contributed by atoms with Crippen LogP contribution in [0.5, 0.6) is 0 Å². The van der Waals surface area contributed by atoms with Crippen LogP contribution in [0.15, 0.2) is 36.4 Å². The number of halogens is 4. The lowest BCUT2D eigenvalue weighted by atomic mass is 10.1. The first-order valence-electron chi connectivity index (χ1n) is 9.79. The van der Waals surface area contributed by atoms with E-state index in [-0.39, 0.29) is 28.2 Å². The van der Waals surface area contributed by atoms with Crippen molar-refractivity contribution in [3.05, 3.63) is 62.1 Å². The Morgan fingerprint density at radius 1 is 0.970 bits per heavy atom. The van der Waals surface area contributed by atoms with Crippen molar-refractivity contribution < 1.29 is 18.0 Å². The molecule has 33 heavy (non-hydrogen) atoms. The van der Waals surface area contributed by atoms with Gasteiger partial charge in [0.2, 0.25) is 21.8 Å². The summed E-state index contributed by atoms with van der Waals surface area (Å²) in [5, 5.41) is 3.69. The van der Waals surface area contributed by atoms with Gasteiger partial charge >= 0.3 is 0 Å². The smallest absolute Gasteiger partial charge is 0.244 e. The van der Waals surface area contributed by atoms with Gasteiger partial charge in [-0.3, -0.25) is 13.9 Å². The number of amides is 2. The number of sulfonamides is 1. The number of carbonyl (C=O) groups is 2. The molecule has 0 radical (unpaired) electrons. The molecule has 2 aromatic rings. The fraction of sp³-hybridized carbons (Fsp3) is 0.333.